The molecule has 0 amide bonds. The lowest BCUT2D eigenvalue weighted by atomic mass is 10.4. The molecule has 2 N–H and O–H groups in total. The number of anilines is 1. The molecular weight excluding hydrogens is 254 g/mol. The number of ether oxygens (including phenoxy) is 1. The van der Waals surface area contributed by atoms with Crippen molar-refractivity contribution >= 4 is 15.7 Å². The zero-order valence-electron chi connectivity index (χ0n) is 10.8. The number of hydrogen-bond acceptors (Lipinski definition) is 5. The van der Waals surface area contributed by atoms with Gasteiger partial charge in [0, 0.05) is 25.9 Å². The molecule has 1 aromatic heterocycles. The third-order valence-electron chi connectivity index (χ3n) is 2.17. The van der Waals surface area contributed by atoms with Crippen molar-refractivity contribution in [2.24, 2.45) is 0 Å². The van der Waals surface area contributed by atoms with E-state index in [9.17, 15) is 8.42 Å². The highest BCUT2D eigenvalue weighted by atomic mass is 32.2. The zero-order valence-corrected chi connectivity index (χ0v) is 11.6. The summed E-state index contributed by atoms with van der Waals surface area (Å²) in [5.41, 5.74) is 0.497. The van der Waals surface area contributed by atoms with E-state index >= 15 is 0 Å². The van der Waals surface area contributed by atoms with E-state index in [1.165, 1.54) is 13.3 Å². The van der Waals surface area contributed by atoms with Crippen LogP contribution < -0.4 is 10.0 Å². The van der Waals surface area contributed by atoms with Gasteiger partial charge in [-0.15, -0.1) is 0 Å². The molecule has 1 unspecified atom stereocenters. The topological polar surface area (TPSA) is 80.3 Å². The van der Waals surface area contributed by atoms with Gasteiger partial charge >= 0.3 is 0 Å². The molecule has 0 radical (unpaired) electrons. The van der Waals surface area contributed by atoms with Crippen LogP contribution in [0.25, 0.3) is 0 Å². The van der Waals surface area contributed by atoms with Crippen LogP contribution in [0.2, 0.25) is 0 Å². The molecule has 6 nitrogen and oxygen atoms in total. The summed E-state index contributed by atoms with van der Waals surface area (Å²) in [4.78, 5) is 3.93. The Morgan fingerprint density at radius 1 is 1.50 bits per heavy atom. The number of methoxy groups -OCH3 is 1. The highest BCUT2D eigenvalue weighted by Gasteiger charge is 2.21. The van der Waals surface area contributed by atoms with E-state index in [4.69, 9.17) is 4.74 Å². The predicted octanol–water partition coefficient (Wildman–Crippen LogP) is 0.827. The molecule has 0 saturated carbocycles. The van der Waals surface area contributed by atoms with Crippen LogP contribution in [0.3, 0.4) is 0 Å². The van der Waals surface area contributed by atoms with Crippen LogP contribution in [-0.4, -0.2) is 39.7 Å². The highest BCUT2D eigenvalue weighted by molar-refractivity contribution is 7.89. The molecule has 0 aliphatic rings. The van der Waals surface area contributed by atoms with Gasteiger partial charge in [0.2, 0.25) is 0 Å². The average molecular weight is 273 g/mol. The standard InChI is InChI=1S/C11H19N3O3S/c1-4-12-10-6-5-7-13-11(10)18(15,16)14-9(2)8-17-3/h5-7,9,12,14H,4,8H2,1-3H3. The number of pyridine rings is 1. The Morgan fingerprint density at radius 2 is 2.22 bits per heavy atom. The second-order valence-electron chi connectivity index (χ2n) is 3.86. The van der Waals surface area contributed by atoms with Crippen LogP contribution in [0.4, 0.5) is 5.69 Å². The minimum absolute atomic E-state index is 0.00908. The van der Waals surface area contributed by atoms with Crippen molar-refractivity contribution in [1.82, 2.24) is 9.71 Å². The summed E-state index contributed by atoms with van der Waals surface area (Å²) in [6.07, 6.45) is 1.45. The minimum atomic E-state index is -3.64. The summed E-state index contributed by atoms with van der Waals surface area (Å²) < 4.78 is 31.7. The summed E-state index contributed by atoms with van der Waals surface area (Å²) in [6, 6.07) is 3.07. The lowest BCUT2D eigenvalue weighted by Gasteiger charge is -2.15. The monoisotopic (exact) mass is 273 g/mol. The maximum Gasteiger partial charge on any atom is 0.260 e. The number of aromatic nitrogens is 1. The largest absolute Gasteiger partial charge is 0.383 e. The molecular formula is C11H19N3O3S. The quantitative estimate of drug-likeness (QED) is 0.769. The van der Waals surface area contributed by atoms with E-state index in [0.29, 0.717) is 18.8 Å². The van der Waals surface area contributed by atoms with E-state index in [1.807, 2.05) is 6.92 Å². The van der Waals surface area contributed by atoms with Crippen molar-refractivity contribution in [2.75, 3.05) is 25.6 Å². The van der Waals surface area contributed by atoms with Gasteiger partial charge in [-0.1, -0.05) is 0 Å². The summed E-state index contributed by atoms with van der Waals surface area (Å²) in [7, 11) is -2.11. The van der Waals surface area contributed by atoms with E-state index in [1.54, 1.807) is 19.1 Å². The second-order valence-corrected chi connectivity index (χ2v) is 5.49. The molecule has 1 rings (SSSR count). The first-order chi connectivity index (χ1) is 8.51. The summed E-state index contributed by atoms with van der Waals surface area (Å²) in [6.45, 7) is 4.56. The number of hydrogen-bond donors (Lipinski definition) is 2. The number of nitrogens with one attached hydrogen (secondary N) is 2. The zero-order chi connectivity index (χ0) is 13.6. The van der Waals surface area contributed by atoms with Crippen LogP contribution in [0.15, 0.2) is 23.4 Å². The van der Waals surface area contributed by atoms with Crippen LogP contribution >= 0.6 is 0 Å². The number of rotatable bonds is 7. The summed E-state index contributed by atoms with van der Waals surface area (Å²) in [5, 5.41) is 2.98. The third-order valence-corrected chi connectivity index (χ3v) is 3.71. The van der Waals surface area contributed by atoms with Crippen LogP contribution in [0, 0.1) is 0 Å². The van der Waals surface area contributed by atoms with E-state index < -0.39 is 10.0 Å². The number of nitrogens with zero attached hydrogens (tertiary/aromatic N) is 1. The minimum Gasteiger partial charge on any atom is -0.383 e. The SMILES string of the molecule is CCNc1cccnc1S(=O)(=O)NC(C)COC. The van der Waals surface area contributed by atoms with Gasteiger partial charge in [0.1, 0.15) is 0 Å². The molecule has 0 aliphatic heterocycles. The molecule has 0 aromatic carbocycles. The fourth-order valence-corrected chi connectivity index (χ4v) is 2.87. The molecule has 0 aliphatic carbocycles. The van der Waals surface area contributed by atoms with Gasteiger partial charge < -0.3 is 10.1 Å². The van der Waals surface area contributed by atoms with E-state index in [2.05, 4.69) is 15.0 Å². The Labute approximate surface area is 108 Å². The fourth-order valence-electron chi connectivity index (χ4n) is 1.53. The van der Waals surface area contributed by atoms with Crippen molar-refractivity contribution in [2.45, 2.75) is 24.9 Å². The van der Waals surface area contributed by atoms with E-state index in [-0.39, 0.29) is 11.1 Å². The summed E-state index contributed by atoms with van der Waals surface area (Å²) >= 11 is 0. The molecule has 102 valence electrons. The lowest BCUT2D eigenvalue weighted by Crippen LogP contribution is -2.36. The third kappa shape index (κ3) is 3.94. The van der Waals surface area contributed by atoms with Crippen LogP contribution in [0.5, 0.6) is 0 Å². The van der Waals surface area contributed by atoms with Gasteiger partial charge in [-0.3, -0.25) is 0 Å². The smallest absolute Gasteiger partial charge is 0.260 e. The Balaban J connectivity index is 2.97. The van der Waals surface area contributed by atoms with Crippen molar-refractivity contribution in [3.8, 4) is 0 Å². The van der Waals surface area contributed by atoms with Crippen LogP contribution in [0.1, 0.15) is 13.8 Å². The first-order valence-electron chi connectivity index (χ1n) is 5.71. The molecule has 18 heavy (non-hydrogen) atoms. The van der Waals surface area contributed by atoms with Crippen molar-refractivity contribution < 1.29 is 13.2 Å². The van der Waals surface area contributed by atoms with Crippen molar-refractivity contribution in [3.05, 3.63) is 18.3 Å². The van der Waals surface area contributed by atoms with Crippen molar-refractivity contribution in [1.29, 1.82) is 0 Å². The maximum absolute atomic E-state index is 12.1. The van der Waals surface area contributed by atoms with Crippen molar-refractivity contribution in [3.63, 3.8) is 0 Å². The van der Waals surface area contributed by atoms with E-state index in [0.717, 1.165) is 0 Å². The van der Waals surface area contributed by atoms with Gasteiger partial charge in [-0.2, -0.15) is 0 Å². The molecule has 0 fully saturated rings. The van der Waals surface area contributed by atoms with Crippen LogP contribution in [-0.2, 0) is 14.8 Å². The van der Waals surface area contributed by atoms with Gasteiger partial charge in [0.05, 0.1) is 12.3 Å². The fraction of sp³-hybridized carbons (Fsp3) is 0.545. The molecule has 7 heteroatoms. The molecule has 0 saturated heterocycles. The Morgan fingerprint density at radius 3 is 2.83 bits per heavy atom. The molecule has 1 heterocycles. The predicted molar refractivity (Wildman–Crippen MR) is 70.1 cm³/mol. The highest BCUT2D eigenvalue weighted by Crippen LogP contribution is 2.17. The average Bonchev–Trinajstić information content (AvgIpc) is 2.29. The molecule has 1 atom stereocenters. The lowest BCUT2D eigenvalue weighted by molar-refractivity contribution is 0.180. The van der Waals surface area contributed by atoms with Gasteiger partial charge in [-0.25, -0.2) is 18.1 Å². The summed E-state index contributed by atoms with van der Waals surface area (Å²) in [5.74, 6) is 0. The van der Waals surface area contributed by atoms with Gasteiger partial charge in [-0.05, 0) is 26.0 Å². The molecule has 0 spiro atoms. The first kappa shape index (κ1) is 14.9. The van der Waals surface area contributed by atoms with Gasteiger partial charge in [0.25, 0.3) is 10.0 Å². The Kier molecular flexibility index (Phi) is 5.52. The Bertz CT molecular complexity index is 476. The van der Waals surface area contributed by atoms with Gasteiger partial charge in [0.15, 0.2) is 5.03 Å². The number of sulfonamides is 1. The first-order valence-corrected chi connectivity index (χ1v) is 7.19. The molecule has 1 aromatic rings. The second kappa shape index (κ2) is 6.67. The Hall–Kier alpha value is -1.18. The molecule has 0 bridgehead atoms. The normalized spacial score (nSPS) is 13.3. The maximum atomic E-state index is 12.1.